The van der Waals surface area contributed by atoms with Crippen molar-refractivity contribution in [2.75, 3.05) is 11.2 Å². The summed E-state index contributed by atoms with van der Waals surface area (Å²) in [5, 5.41) is 2.81. The van der Waals surface area contributed by atoms with Crippen LogP contribution in [0.4, 0.5) is 5.69 Å². The number of fused-ring (bicyclic) bond motifs is 1. The molecule has 0 unspecified atom stereocenters. The maximum Gasteiger partial charge on any atom is 0.224 e. The topological polar surface area (TPSA) is 54.9 Å². The normalized spacial score (nSPS) is 10.6. The number of nitrogens with zero attached hydrogens (tertiary/aromatic N) is 2. The van der Waals surface area contributed by atoms with E-state index in [-0.39, 0.29) is 5.91 Å². The molecule has 0 radical (unpaired) electrons. The molecule has 0 fully saturated rings. The van der Waals surface area contributed by atoms with Gasteiger partial charge >= 0.3 is 0 Å². The van der Waals surface area contributed by atoms with Gasteiger partial charge in [-0.25, -0.2) is 0 Å². The Morgan fingerprint density at radius 2 is 2.31 bits per heavy atom. The number of nitrogens with one attached hydrogen (secondary N) is 1. The minimum atomic E-state index is -0.0406. The fourth-order valence-electron chi connectivity index (χ4n) is 1.35. The second kappa shape index (κ2) is 5.23. The number of aromatic nitrogens is 2. The van der Waals surface area contributed by atoms with Crippen LogP contribution in [0, 0.1) is 0 Å². The van der Waals surface area contributed by atoms with Gasteiger partial charge in [0.15, 0.2) is 0 Å². The SMILES string of the molecule is O=C(CCCCl)Nc1cccc2nsnc12. The van der Waals surface area contributed by atoms with Gasteiger partial charge in [-0.1, -0.05) is 6.07 Å². The van der Waals surface area contributed by atoms with Crippen LogP contribution in [0.15, 0.2) is 18.2 Å². The van der Waals surface area contributed by atoms with E-state index in [2.05, 4.69) is 14.1 Å². The quantitative estimate of drug-likeness (QED) is 0.855. The molecule has 0 aliphatic heterocycles. The summed E-state index contributed by atoms with van der Waals surface area (Å²) in [5.74, 6) is 0.455. The highest BCUT2D eigenvalue weighted by Crippen LogP contribution is 2.21. The van der Waals surface area contributed by atoms with Crippen molar-refractivity contribution in [3.8, 4) is 0 Å². The molecule has 0 spiro atoms. The molecule has 6 heteroatoms. The first-order valence-electron chi connectivity index (χ1n) is 4.88. The van der Waals surface area contributed by atoms with Crippen LogP contribution in [0.1, 0.15) is 12.8 Å². The number of benzene rings is 1. The summed E-state index contributed by atoms with van der Waals surface area (Å²) in [5.41, 5.74) is 2.26. The highest BCUT2D eigenvalue weighted by Gasteiger charge is 2.07. The molecular weight excluding hydrogens is 246 g/mol. The Bertz CT molecular complexity index is 500. The average molecular weight is 256 g/mol. The summed E-state index contributed by atoms with van der Waals surface area (Å²) >= 11 is 6.67. The number of anilines is 1. The van der Waals surface area contributed by atoms with Crippen molar-refractivity contribution in [2.24, 2.45) is 0 Å². The second-order valence-corrected chi connectivity index (χ2v) is 4.18. The molecule has 0 atom stereocenters. The first kappa shape index (κ1) is 11.3. The van der Waals surface area contributed by atoms with Gasteiger partial charge in [0, 0.05) is 12.3 Å². The van der Waals surface area contributed by atoms with Crippen LogP contribution in [0.5, 0.6) is 0 Å². The Labute approximate surface area is 102 Å². The van der Waals surface area contributed by atoms with Crippen molar-refractivity contribution in [1.29, 1.82) is 0 Å². The summed E-state index contributed by atoms with van der Waals surface area (Å²) in [7, 11) is 0. The molecule has 16 heavy (non-hydrogen) atoms. The number of alkyl halides is 1. The van der Waals surface area contributed by atoms with E-state index in [0.29, 0.717) is 24.4 Å². The number of halogens is 1. The smallest absolute Gasteiger partial charge is 0.224 e. The monoisotopic (exact) mass is 255 g/mol. The lowest BCUT2D eigenvalue weighted by Gasteiger charge is -2.04. The van der Waals surface area contributed by atoms with Crippen LogP contribution in [0.2, 0.25) is 0 Å². The Balaban J connectivity index is 2.14. The summed E-state index contributed by atoms with van der Waals surface area (Å²) in [6, 6.07) is 5.54. The van der Waals surface area contributed by atoms with Crippen molar-refractivity contribution in [1.82, 2.24) is 8.75 Å². The Morgan fingerprint density at radius 3 is 3.12 bits per heavy atom. The molecule has 0 aliphatic carbocycles. The van der Waals surface area contributed by atoms with E-state index in [0.717, 1.165) is 22.8 Å². The number of hydrogen-bond acceptors (Lipinski definition) is 4. The first-order valence-corrected chi connectivity index (χ1v) is 6.15. The van der Waals surface area contributed by atoms with E-state index in [1.807, 2.05) is 18.2 Å². The van der Waals surface area contributed by atoms with Gasteiger partial charge in [0.05, 0.1) is 17.4 Å². The molecule has 0 saturated carbocycles. The minimum Gasteiger partial charge on any atom is -0.324 e. The number of carbonyl (C=O) groups excluding carboxylic acids is 1. The molecule has 0 bridgehead atoms. The van der Waals surface area contributed by atoms with Crippen LogP contribution in [-0.2, 0) is 4.79 Å². The molecule has 4 nitrogen and oxygen atoms in total. The molecule has 0 saturated heterocycles. The van der Waals surface area contributed by atoms with Gasteiger partial charge in [-0.15, -0.1) is 11.6 Å². The van der Waals surface area contributed by atoms with E-state index < -0.39 is 0 Å². The van der Waals surface area contributed by atoms with Crippen molar-refractivity contribution in [3.05, 3.63) is 18.2 Å². The maximum absolute atomic E-state index is 11.5. The van der Waals surface area contributed by atoms with Crippen molar-refractivity contribution >= 4 is 46.0 Å². The first-order chi connectivity index (χ1) is 7.81. The number of hydrogen-bond donors (Lipinski definition) is 1. The Morgan fingerprint density at radius 1 is 1.44 bits per heavy atom. The lowest BCUT2D eigenvalue weighted by Crippen LogP contribution is -2.11. The van der Waals surface area contributed by atoms with E-state index in [1.165, 1.54) is 0 Å². The molecule has 1 N–H and O–H groups in total. The van der Waals surface area contributed by atoms with Gasteiger partial charge in [-0.2, -0.15) is 8.75 Å². The van der Waals surface area contributed by atoms with Crippen molar-refractivity contribution < 1.29 is 4.79 Å². The van der Waals surface area contributed by atoms with Crippen LogP contribution in [0.3, 0.4) is 0 Å². The Hall–Kier alpha value is -1.20. The lowest BCUT2D eigenvalue weighted by molar-refractivity contribution is -0.116. The third kappa shape index (κ3) is 2.48. The van der Waals surface area contributed by atoms with Gasteiger partial charge in [-0.05, 0) is 18.6 Å². The third-order valence-corrected chi connectivity index (χ3v) is 2.91. The average Bonchev–Trinajstić information content (AvgIpc) is 2.75. The fourth-order valence-corrected chi connectivity index (χ4v) is 2.03. The van der Waals surface area contributed by atoms with Gasteiger partial charge < -0.3 is 5.32 Å². The van der Waals surface area contributed by atoms with Crippen molar-refractivity contribution in [2.45, 2.75) is 12.8 Å². The van der Waals surface area contributed by atoms with Crippen LogP contribution in [0.25, 0.3) is 11.0 Å². The molecule has 2 aromatic rings. The molecule has 1 heterocycles. The zero-order valence-corrected chi connectivity index (χ0v) is 10.0. The minimum absolute atomic E-state index is 0.0406. The molecule has 1 aromatic carbocycles. The molecule has 0 aliphatic rings. The van der Waals surface area contributed by atoms with E-state index in [4.69, 9.17) is 11.6 Å². The highest BCUT2D eigenvalue weighted by atomic mass is 35.5. The predicted octanol–water partition coefficient (Wildman–Crippen LogP) is 2.65. The van der Waals surface area contributed by atoms with Gasteiger partial charge in [0.2, 0.25) is 5.91 Å². The van der Waals surface area contributed by atoms with E-state index in [9.17, 15) is 4.79 Å². The largest absolute Gasteiger partial charge is 0.324 e. The fraction of sp³-hybridized carbons (Fsp3) is 0.300. The van der Waals surface area contributed by atoms with Crippen molar-refractivity contribution in [3.63, 3.8) is 0 Å². The summed E-state index contributed by atoms with van der Waals surface area (Å²) in [6.07, 6.45) is 1.11. The van der Waals surface area contributed by atoms with E-state index >= 15 is 0 Å². The zero-order chi connectivity index (χ0) is 11.4. The van der Waals surface area contributed by atoms with Gasteiger partial charge in [-0.3, -0.25) is 4.79 Å². The Kier molecular flexibility index (Phi) is 3.69. The summed E-state index contributed by atoms with van der Waals surface area (Å²) in [6.45, 7) is 0. The second-order valence-electron chi connectivity index (χ2n) is 3.28. The number of amides is 1. The highest BCUT2D eigenvalue weighted by molar-refractivity contribution is 7.00. The molecule has 2 rings (SSSR count). The molecule has 1 aromatic heterocycles. The molecule has 84 valence electrons. The zero-order valence-electron chi connectivity index (χ0n) is 8.44. The van der Waals surface area contributed by atoms with Crippen LogP contribution >= 0.6 is 23.3 Å². The molecule has 1 amide bonds. The lowest BCUT2D eigenvalue weighted by atomic mass is 10.2. The van der Waals surface area contributed by atoms with Gasteiger partial charge in [0.1, 0.15) is 11.0 Å². The third-order valence-electron chi connectivity index (χ3n) is 2.10. The van der Waals surface area contributed by atoms with Crippen LogP contribution < -0.4 is 5.32 Å². The standard InChI is InChI=1S/C10H10ClN3OS/c11-6-2-5-9(15)12-7-3-1-4-8-10(7)14-16-13-8/h1,3-4H,2,5-6H2,(H,12,15). The summed E-state index contributed by atoms with van der Waals surface area (Å²) < 4.78 is 8.25. The summed E-state index contributed by atoms with van der Waals surface area (Å²) in [4.78, 5) is 11.5. The number of rotatable bonds is 4. The van der Waals surface area contributed by atoms with Gasteiger partial charge in [0.25, 0.3) is 0 Å². The predicted molar refractivity (Wildman–Crippen MR) is 66.0 cm³/mol. The molecular formula is C10H10ClN3OS. The maximum atomic E-state index is 11.5. The van der Waals surface area contributed by atoms with Crippen LogP contribution in [-0.4, -0.2) is 20.5 Å². The number of carbonyl (C=O) groups is 1. The van der Waals surface area contributed by atoms with E-state index in [1.54, 1.807) is 0 Å².